The van der Waals surface area contributed by atoms with Gasteiger partial charge >= 0.3 is 0 Å². The maximum atomic E-state index is 12.9. The Balaban J connectivity index is 1.77. The molecule has 0 spiro atoms. The van der Waals surface area contributed by atoms with Crippen LogP contribution in [0.25, 0.3) is 0 Å². The van der Waals surface area contributed by atoms with Gasteiger partial charge in [-0.2, -0.15) is 0 Å². The molecule has 1 N–H and O–H groups in total. The fraction of sp³-hybridized carbons (Fsp3) is 0.217. The molecule has 8 heteroatoms. The fourth-order valence-corrected chi connectivity index (χ4v) is 4.37. The molecule has 6 nitrogen and oxygen atoms in total. The zero-order valence-corrected chi connectivity index (χ0v) is 18.8. The average molecular weight is 456 g/mol. The number of benzene rings is 2. The van der Waals surface area contributed by atoms with Crippen molar-refractivity contribution in [1.29, 1.82) is 0 Å². The Labute approximate surface area is 190 Å². The number of hydrogen-bond acceptors (Lipinski definition) is 5. The topological polar surface area (TPSA) is 78.8 Å². The molecule has 2 aromatic rings. The third kappa shape index (κ3) is 5.42. The van der Waals surface area contributed by atoms with Crippen molar-refractivity contribution in [3.05, 3.63) is 71.3 Å². The molecule has 160 valence electrons. The highest BCUT2D eigenvalue weighted by Gasteiger charge is 2.38. The second-order valence-corrected chi connectivity index (χ2v) is 8.59. The van der Waals surface area contributed by atoms with Gasteiger partial charge in [0, 0.05) is 29.2 Å². The lowest BCUT2D eigenvalue weighted by molar-refractivity contribution is -0.127. The van der Waals surface area contributed by atoms with Gasteiger partial charge in [-0.3, -0.25) is 19.3 Å². The Hall–Kier alpha value is -2.90. The minimum absolute atomic E-state index is 0.0189. The number of anilines is 1. The number of nitrogens with zero attached hydrogens (tertiary/aromatic N) is 2. The fourth-order valence-electron chi connectivity index (χ4n) is 3.04. The lowest BCUT2D eigenvalue weighted by Gasteiger charge is -2.14. The Kier molecular flexibility index (Phi) is 7.30. The van der Waals surface area contributed by atoms with Crippen LogP contribution in [-0.4, -0.2) is 39.5 Å². The van der Waals surface area contributed by atoms with E-state index in [-0.39, 0.29) is 24.0 Å². The molecule has 0 saturated carbocycles. The first-order valence-corrected chi connectivity index (χ1v) is 10.9. The van der Waals surface area contributed by atoms with Gasteiger partial charge in [-0.15, -0.1) is 6.58 Å². The van der Waals surface area contributed by atoms with Crippen LogP contribution in [0, 0.1) is 6.92 Å². The van der Waals surface area contributed by atoms with E-state index in [2.05, 4.69) is 16.9 Å². The quantitative estimate of drug-likeness (QED) is 0.470. The standard InChI is InChI=1S/C23H22ClN3O3S/c1-4-11-27-22(30)20(31-23(27)26-19-10-6-9-18(24)14(19)2)13-21(29)25-17-8-5-7-16(12-17)15(3)28/h4-10,12,20H,1,11,13H2,2-3H3,(H,25,29)/t20-/m1/s1. The van der Waals surface area contributed by atoms with E-state index >= 15 is 0 Å². The van der Waals surface area contributed by atoms with Crippen LogP contribution in [0.15, 0.2) is 60.1 Å². The minimum atomic E-state index is -0.603. The van der Waals surface area contributed by atoms with Gasteiger partial charge in [-0.1, -0.05) is 47.6 Å². The highest BCUT2D eigenvalue weighted by atomic mass is 35.5. The van der Waals surface area contributed by atoms with Gasteiger partial charge in [-0.05, 0) is 43.7 Å². The van der Waals surface area contributed by atoms with Crippen LogP contribution >= 0.6 is 23.4 Å². The van der Waals surface area contributed by atoms with Gasteiger partial charge in [0.2, 0.25) is 11.8 Å². The number of carbonyl (C=O) groups is 3. The maximum absolute atomic E-state index is 12.9. The molecule has 0 aliphatic carbocycles. The number of rotatable bonds is 7. The lowest BCUT2D eigenvalue weighted by Crippen LogP contribution is -2.33. The molecule has 1 atom stereocenters. The number of carbonyl (C=O) groups excluding carboxylic acids is 3. The normalized spacial score (nSPS) is 17.1. The average Bonchev–Trinajstić information content (AvgIpc) is 3.00. The van der Waals surface area contributed by atoms with Crippen molar-refractivity contribution in [2.45, 2.75) is 25.5 Å². The van der Waals surface area contributed by atoms with Crippen LogP contribution < -0.4 is 5.32 Å². The zero-order valence-electron chi connectivity index (χ0n) is 17.2. The van der Waals surface area contributed by atoms with E-state index < -0.39 is 5.25 Å². The van der Waals surface area contributed by atoms with Crippen molar-refractivity contribution in [2.24, 2.45) is 4.99 Å². The summed E-state index contributed by atoms with van der Waals surface area (Å²) in [5, 5.41) is 3.26. The van der Waals surface area contributed by atoms with Gasteiger partial charge in [0.15, 0.2) is 11.0 Å². The van der Waals surface area contributed by atoms with Crippen molar-refractivity contribution in [1.82, 2.24) is 4.90 Å². The van der Waals surface area contributed by atoms with Crippen molar-refractivity contribution in [3.8, 4) is 0 Å². The SMILES string of the molecule is C=CCN1C(=O)[C@@H](CC(=O)Nc2cccc(C(C)=O)c2)SC1=Nc1cccc(Cl)c1C. The molecule has 2 aromatic carbocycles. The second-order valence-electron chi connectivity index (χ2n) is 7.01. The molecule has 2 amide bonds. The summed E-state index contributed by atoms with van der Waals surface area (Å²) in [4.78, 5) is 43.2. The Bertz CT molecular complexity index is 1080. The first kappa shape index (κ1) is 22.8. The van der Waals surface area contributed by atoms with E-state index in [4.69, 9.17) is 11.6 Å². The van der Waals surface area contributed by atoms with Gasteiger partial charge in [-0.25, -0.2) is 4.99 Å². The molecule has 0 unspecified atom stereocenters. The molecule has 1 heterocycles. The summed E-state index contributed by atoms with van der Waals surface area (Å²) in [6.07, 6.45) is 1.60. The monoisotopic (exact) mass is 455 g/mol. The van der Waals surface area contributed by atoms with Crippen molar-refractivity contribution < 1.29 is 14.4 Å². The number of hydrogen-bond donors (Lipinski definition) is 1. The van der Waals surface area contributed by atoms with Crippen molar-refractivity contribution in [2.75, 3.05) is 11.9 Å². The van der Waals surface area contributed by atoms with E-state index in [0.717, 1.165) is 5.56 Å². The molecule has 1 aliphatic rings. The van der Waals surface area contributed by atoms with Crippen LogP contribution in [-0.2, 0) is 9.59 Å². The number of nitrogens with one attached hydrogen (secondary N) is 1. The molecule has 1 aliphatic heterocycles. The van der Waals surface area contributed by atoms with E-state index in [9.17, 15) is 14.4 Å². The van der Waals surface area contributed by atoms with Crippen molar-refractivity contribution in [3.63, 3.8) is 0 Å². The molecule has 0 aromatic heterocycles. The van der Waals surface area contributed by atoms with Gasteiger partial charge < -0.3 is 5.32 Å². The molecular weight excluding hydrogens is 434 g/mol. The largest absolute Gasteiger partial charge is 0.326 e. The van der Waals surface area contributed by atoms with Crippen LogP contribution in [0.1, 0.15) is 29.3 Å². The first-order valence-electron chi connectivity index (χ1n) is 9.63. The highest BCUT2D eigenvalue weighted by Crippen LogP contribution is 2.34. The third-order valence-corrected chi connectivity index (χ3v) is 6.30. The molecule has 1 saturated heterocycles. The summed E-state index contributed by atoms with van der Waals surface area (Å²) in [5.74, 6) is -0.601. The summed E-state index contributed by atoms with van der Waals surface area (Å²) < 4.78 is 0. The Morgan fingerprint density at radius 1 is 1.29 bits per heavy atom. The summed E-state index contributed by atoms with van der Waals surface area (Å²) in [5.41, 5.74) is 2.50. The number of aliphatic imine (C=N–C) groups is 1. The van der Waals surface area contributed by atoms with Gasteiger partial charge in [0.25, 0.3) is 0 Å². The Morgan fingerprint density at radius 3 is 2.74 bits per heavy atom. The zero-order chi connectivity index (χ0) is 22.5. The van der Waals surface area contributed by atoms with Gasteiger partial charge in [0.05, 0.1) is 5.69 Å². The summed E-state index contributed by atoms with van der Waals surface area (Å²) >= 11 is 7.43. The van der Waals surface area contributed by atoms with E-state index in [1.165, 1.54) is 23.6 Å². The number of amidine groups is 1. The van der Waals surface area contributed by atoms with E-state index in [0.29, 0.717) is 33.7 Å². The molecule has 1 fully saturated rings. The second kappa shape index (κ2) is 9.94. The van der Waals surface area contributed by atoms with Crippen molar-refractivity contribution >= 4 is 57.5 Å². The smallest absolute Gasteiger partial charge is 0.242 e. The predicted molar refractivity (Wildman–Crippen MR) is 126 cm³/mol. The Morgan fingerprint density at radius 2 is 2.03 bits per heavy atom. The maximum Gasteiger partial charge on any atom is 0.242 e. The first-order chi connectivity index (χ1) is 14.8. The summed E-state index contributed by atoms with van der Waals surface area (Å²) in [6, 6.07) is 12.1. The lowest BCUT2D eigenvalue weighted by atomic mass is 10.1. The van der Waals surface area contributed by atoms with Crippen LogP contribution in [0.5, 0.6) is 0 Å². The third-order valence-electron chi connectivity index (χ3n) is 4.71. The number of thioether (sulfide) groups is 1. The number of halogens is 1. The predicted octanol–water partition coefficient (Wildman–Crippen LogP) is 5.00. The van der Waals surface area contributed by atoms with Crippen LogP contribution in [0.4, 0.5) is 11.4 Å². The van der Waals surface area contributed by atoms with E-state index in [1.807, 2.05) is 13.0 Å². The summed E-state index contributed by atoms with van der Waals surface area (Å²) in [6.45, 7) is 7.33. The molecule has 0 radical (unpaired) electrons. The minimum Gasteiger partial charge on any atom is -0.326 e. The van der Waals surface area contributed by atoms with Gasteiger partial charge in [0.1, 0.15) is 5.25 Å². The number of Topliss-reactive ketones (excluding diaryl/α,β-unsaturated/α-hetero) is 1. The molecule has 31 heavy (non-hydrogen) atoms. The molecule has 0 bridgehead atoms. The molecule has 3 rings (SSSR count). The van der Waals surface area contributed by atoms with Crippen LogP contribution in [0.2, 0.25) is 5.02 Å². The number of amides is 2. The summed E-state index contributed by atoms with van der Waals surface area (Å²) in [7, 11) is 0. The molecular formula is C23H22ClN3O3S. The van der Waals surface area contributed by atoms with E-state index in [1.54, 1.807) is 42.5 Å². The van der Waals surface area contributed by atoms with Crippen LogP contribution in [0.3, 0.4) is 0 Å². The number of ketones is 1. The highest BCUT2D eigenvalue weighted by molar-refractivity contribution is 8.15.